The predicted octanol–water partition coefficient (Wildman–Crippen LogP) is 4.55. The quantitative estimate of drug-likeness (QED) is 0.253. The van der Waals surface area contributed by atoms with Crippen LogP contribution in [0.2, 0.25) is 0 Å². The Hall–Kier alpha value is -0.950. The van der Waals surface area contributed by atoms with Gasteiger partial charge in [-0.25, -0.2) is 9.37 Å². The Bertz CT molecular complexity index is 736. The van der Waals surface area contributed by atoms with Crippen LogP contribution in [0.25, 0.3) is 0 Å². The number of aliphatic imine (C=N–C) groups is 1. The maximum atomic E-state index is 13.4. The van der Waals surface area contributed by atoms with E-state index >= 15 is 0 Å². The molecule has 0 saturated heterocycles. The second-order valence-corrected chi connectivity index (χ2v) is 6.45. The Morgan fingerprint density at radius 2 is 1.96 bits per heavy atom. The third-order valence-electron chi connectivity index (χ3n) is 2.92. The van der Waals surface area contributed by atoms with Crippen LogP contribution in [0, 0.1) is 5.82 Å². The number of alkyl halides is 3. The van der Waals surface area contributed by atoms with Crippen LogP contribution in [0.3, 0.4) is 0 Å². The van der Waals surface area contributed by atoms with Crippen LogP contribution in [0.15, 0.2) is 33.0 Å². The minimum atomic E-state index is -4.44. The maximum Gasteiger partial charge on any atom is 0.434 e. The lowest BCUT2D eigenvalue weighted by Crippen LogP contribution is -2.36. The second-order valence-electron chi connectivity index (χ2n) is 4.65. The van der Waals surface area contributed by atoms with E-state index in [2.05, 4.69) is 36.5 Å². The molecule has 0 unspecified atom stereocenters. The normalized spacial score (nSPS) is 11.8. The average Bonchev–Trinajstić information content (AvgIpc) is 3.00. The predicted molar refractivity (Wildman–Crippen MR) is 104 cm³/mol. The van der Waals surface area contributed by atoms with Crippen molar-refractivity contribution in [3.8, 4) is 0 Å². The molecule has 0 bridgehead atoms. The zero-order chi connectivity index (χ0) is 17.7. The van der Waals surface area contributed by atoms with Gasteiger partial charge in [0, 0.05) is 19.0 Å². The van der Waals surface area contributed by atoms with E-state index < -0.39 is 11.9 Å². The molecule has 0 aliphatic carbocycles. The summed E-state index contributed by atoms with van der Waals surface area (Å²) < 4.78 is 51.3. The number of thiazole rings is 1. The summed E-state index contributed by atoms with van der Waals surface area (Å²) in [6.07, 6.45) is -4.44. The molecule has 1 aromatic carbocycles. The van der Waals surface area contributed by atoms with Gasteiger partial charge >= 0.3 is 6.18 Å². The molecule has 11 heteroatoms. The van der Waals surface area contributed by atoms with Gasteiger partial charge in [-0.1, -0.05) is 6.07 Å². The highest BCUT2D eigenvalue weighted by Gasteiger charge is 2.33. The summed E-state index contributed by atoms with van der Waals surface area (Å²) in [5, 5.41) is 7.08. The lowest BCUT2D eigenvalue weighted by Gasteiger charge is -2.11. The zero-order valence-electron chi connectivity index (χ0n) is 12.8. The van der Waals surface area contributed by atoms with Gasteiger partial charge in [-0.15, -0.1) is 35.3 Å². The minimum Gasteiger partial charge on any atom is -0.352 e. The first-order valence-electron chi connectivity index (χ1n) is 6.69. The molecular weight excluding hydrogens is 539 g/mol. The van der Waals surface area contributed by atoms with Crippen molar-refractivity contribution in [3.63, 3.8) is 0 Å². The number of hydrogen-bond acceptors (Lipinski definition) is 3. The molecule has 2 rings (SSSR count). The Morgan fingerprint density at radius 1 is 1.28 bits per heavy atom. The van der Waals surface area contributed by atoms with Crippen molar-refractivity contribution in [2.24, 2.45) is 4.99 Å². The van der Waals surface area contributed by atoms with E-state index in [1.54, 1.807) is 12.1 Å². The monoisotopic (exact) mass is 552 g/mol. The summed E-state index contributed by atoms with van der Waals surface area (Å²) in [5.74, 6) is 0.00166. The zero-order valence-corrected chi connectivity index (χ0v) is 17.6. The molecule has 2 N–H and O–H groups in total. The average molecular weight is 553 g/mol. The molecule has 0 saturated carbocycles. The molecule has 0 spiro atoms. The van der Waals surface area contributed by atoms with Crippen molar-refractivity contribution >= 4 is 57.2 Å². The first-order chi connectivity index (χ1) is 11.3. The molecule has 0 aliphatic heterocycles. The van der Waals surface area contributed by atoms with Crippen LogP contribution in [-0.2, 0) is 19.3 Å². The number of benzene rings is 1. The Labute approximate surface area is 171 Å². The van der Waals surface area contributed by atoms with Gasteiger partial charge in [0.05, 0.1) is 11.0 Å². The van der Waals surface area contributed by atoms with Crippen molar-refractivity contribution in [2.75, 3.05) is 7.05 Å². The highest BCUT2D eigenvalue weighted by molar-refractivity contribution is 14.0. The lowest BCUT2D eigenvalue weighted by molar-refractivity contribution is -0.140. The fraction of sp³-hybridized carbons (Fsp3) is 0.286. The highest BCUT2D eigenvalue weighted by Crippen LogP contribution is 2.29. The summed E-state index contributed by atoms with van der Waals surface area (Å²) in [7, 11) is 1.53. The fourth-order valence-corrected chi connectivity index (χ4v) is 2.72. The van der Waals surface area contributed by atoms with Gasteiger partial charge in [0.1, 0.15) is 10.8 Å². The number of guanidine groups is 1. The van der Waals surface area contributed by atoms with Crippen molar-refractivity contribution in [2.45, 2.75) is 19.3 Å². The number of hydrogen-bond donors (Lipinski definition) is 2. The molecule has 1 aromatic heterocycles. The van der Waals surface area contributed by atoms with Gasteiger partial charge in [0.15, 0.2) is 11.7 Å². The van der Waals surface area contributed by atoms with Gasteiger partial charge < -0.3 is 10.6 Å². The topological polar surface area (TPSA) is 49.3 Å². The minimum absolute atomic E-state index is 0. The van der Waals surface area contributed by atoms with Crippen LogP contribution in [0.4, 0.5) is 17.6 Å². The molecule has 0 fully saturated rings. The fourth-order valence-electron chi connectivity index (χ4n) is 1.74. The molecule has 0 radical (unpaired) electrons. The van der Waals surface area contributed by atoms with Gasteiger partial charge in [0.2, 0.25) is 0 Å². The molecule has 0 atom stereocenters. The second kappa shape index (κ2) is 9.67. The molecule has 25 heavy (non-hydrogen) atoms. The summed E-state index contributed by atoms with van der Waals surface area (Å²) in [6, 6.07) is 4.71. The summed E-state index contributed by atoms with van der Waals surface area (Å²) in [6.45, 7) is 0.421. The van der Waals surface area contributed by atoms with Crippen molar-refractivity contribution in [1.82, 2.24) is 15.6 Å². The summed E-state index contributed by atoms with van der Waals surface area (Å²) in [4.78, 5) is 7.48. The largest absolute Gasteiger partial charge is 0.434 e. The van der Waals surface area contributed by atoms with E-state index in [1.165, 1.54) is 13.1 Å². The standard InChI is InChI=1S/C14H13BrF4N4S.HI/c1-20-13(21-5-8-2-3-9(15)10(16)4-8)22-6-12-23-11(7-24-12)14(17,18)19;/h2-4,7H,5-6H2,1H3,(H2,20,21,22);1H. The van der Waals surface area contributed by atoms with Crippen LogP contribution in [0.5, 0.6) is 0 Å². The molecule has 2 aromatic rings. The number of nitrogens with zero attached hydrogens (tertiary/aromatic N) is 2. The smallest absolute Gasteiger partial charge is 0.352 e. The summed E-state index contributed by atoms with van der Waals surface area (Å²) in [5.41, 5.74) is -0.204. The molecule has 4 nitrogen and oxygen atoms in total. The third kappa shape index (κ3) is 6.70. The van der Waals surface area contributed by atoms with Gasteiger partial charge in [-0.3, -0.25) is 4.99 Å². The first kappa shape index (κ1) is 22.1. The van der Waals surface area contributed by atoms with E-state index in [4.69, 9.17) is 0 Å². The number of aromatic nitrogens is 1. The van der Waals surface area contributed by atoms with E-state index in [0.717, 1.165) is 16.7 Å². The van der Waals surface area contributed by atoms with E-state index in [9.17, 15) is 17.6 Å². The first-order valence-corrected chi connectivity index (χ1v) is 8.37. The number of rotatable bonds is 4. The van der Waals surface area contributed by atoms with Crippen LogP contribution >= 0.6 is 51.2 Å². The number of halogens is 6. The Morgan fingerprint density at radius 3 is 2.52 bits per heavy atom. The Balaban J connectivity index is 0.00000312. The van der Waals surface area contributed by atoms with E-state index in [-0.39, 0.29) is 36.3 Å². The van der Waals surface area contributed by atoms with Gasteiger partial charge in [-0.05, 0) is 33.6 Å². The summed E-state index contributed by atoms with van der Waals surface area (Å²) >= 11 is 3.99. The van der Waals surface area contributed by atoms with Crippen molar-refractivity contribution < 1.29 is 17.6 Å². The van der Waals surface area contributed by atoms with Crippen LogP contribution < -0.4 is 10.6 Å². The third-order valence-corrected chi connectivity index (χ3v) is 4.41. The van der Waals surface area contributed by atoms with E-state index in [1.807, 2.05) is 0 Å². The lowest BCUT2D eigenvalue weighted by atomic mass is 10.2. The molecule has 0 amide bonds. The van der Waals surface area contributed by atoms with Crippen LogP contribution in [0.1, 0.15) is 16.3 Å². The van der Waals surface area contributed by atoms with Gasteiger partial charge in [-0.2, -0.15) is 13.2 Å². The molecule has 138 valence electrons. The maximum absolute atomic E-state index is 13.4. The SMILES string of the molecule is CN=C(NCc1ccc(Br)c(F)c1)NCc1nc(C(F)(F)F)cs1.I. The molecule has 0 aliphatic rings. The van der Waals surface area contributed by atoms with Crippen molar-refractivity contribution in [1.29, 1.82) is 0 Å². The Kier molecular flexibility index (Phi) is 8.54. The molecular formula is C14H14BrF4IN4S. The van der Waals surface area contributed by atoms with Gasteiger partial charge in [0.25, 0.3) is 0 Å². The van der Waals surface area contributed by atoms with Crippen molar-refractivity contribution in [3.05, 3.63) is 50.1 Å². The number of nitrogens with one attached hydrogen (secondary N) is 2. The van der Waals surface area contributed by atoms with Crippen LogP contribution in [-0.4, -0.2) is 18.0 Å². The highest BCUT2D eigenvalue weighted by atomic mass is 127. The van der Waals surface area contributed by atoms with E-state index in [0.29, 0.717) is 27.5 Å². The molecule has 1 heterocycles.